The molecule has 2 amide bonds. The van der Waals surface area contributed by atoms with Crippen molar-refractivity contribution in [2.24, 2.45) is 0 Å². The van der Waals surface area contributed by atoms with Gasteiger partial charge in [-0.25, -0.2) is 9.97 Å². The van der Waals surface area contributed by atoms with E-state index in [1.54, 1.807) is 110 Å². The van der Waals surface area contributed by atoms with Crippen LogP contribution < -0.4 is 29.6 Å². The molecule has 0 fully saturated rings. The van der Waals surface area contributed by atoms with Crippen molar-refractivity contribution in [1.82, 2.24) is 19.1 Å². The number of alkyl halides is 6. The van der Waals surface area contributed by atoms with Gasteiger partial charge in [-0.2, -0.15) is 0 Å². The molecule has 0 aliphatic rings. The van der Waals surface area contributed by atoms with Crippen LogP contribution in [0, 0.1) is 6.92 Å². The largest absolute Gasteiger partial charge is 0.573 e. The third kappa shape index (κ3) is 22.2. The maximum absolute atomic E-state index is 13.7. The molecule has 0 saturated heterocycles. The summed E-state index contributed by atoms with van der Waals surface area (Å²) in [7, 11) is -2.84. The van der Waals surface area contributed by atoms with Crippen LogP contribution >= 0.6 is 0 Å². The minimum Gasteiger partial charge on any atom is -0.491 e. The Bertz CT molecular complexity index is 3870. The van der Waals surface area contributed by atoms with Crippen molar-refractivity contribution < 1.29 is 72.8 Å². The fourth-order valence-electron chi connectivity index (χ4n) is 9.76. The molecule has 0 aliphatic carbocycles. The summed E-state index contributed by atoms with van der Waals surface area (Å²) in [6, 6.07) is 35.4. The van der Waals surface area contributed by atoms with Crippen molar-refractivity contribution in [2.45, 2.75) is 113 Å². The van der Waals surface area contributed by atoms with Crippen LogP contribution in [0.1, 0.15) is 86.8 Å². The van der Waals surface area contributed by atoms with E-state index >= 15 is 0 Å². The lowest BCUT2D eigenvalue weighted by atomic mass is 10.0. The van der Waals surface area contributed by atoms with E-state index in [2.05, 4.69) is 37.0 Å². The number of halogens is 6. The Morgan fingerprint density at radius 3 is 1.40 bits per heavy atom. The van der Waals surface area contributed by atoms with E-state index < -0.39 is 57.6 Å². The Kier molecular flexibility index (Phi) is 26.4. The molecule has 94 heavy (non-hydrogen) atoms. The molecule has 6 aromatic carbocycles. The van der Waals surface area contributed by atoms with Crippen LogP contribution in [0.25, 0.3) is 34.4 Å². The van der Waals surface area contributed by atoms with Gasteiger partial charge in [0.2, 0.25) is 11.8 Å². The van der Waals surface area contributed by atoms with Crippen LogP contribution in [-0.2, 0) is 71.7 Å². The number of nitrogens with one attached hydrogen (secondary N) is 2. The normalized spacial score (nSPS) is 12.5. The Labute approximate surface area is 547 Å². The van der Waals surface area contributed by atoms with Crippen molar-refractivity contribution in [3.63, 3.8) is 0 Å². The first kappa shape index (κ1) is 71.0. The molecule has 2 heterocycles. The van der Waals surface area contributed by atoms with Crippen molar-refractivity contribution in [3.05, 3.63) is 192 Å². The lowest BCUT2D eigenvalue weighted by molar-refractivity contribution is -0.275. The van der Waals surface area contributed by atoms with Crippen LogP contribution in [-0.4, -0.2) is 91.7 Å². The van der Waals surface area contributed by atoms with Gasteiger partial charge in [0.15, 0.2) is 0 Å². The molecule has 2 aromatic heterocycles. The molecule has 2 N–H and O–H groups in total. The number of aryl methyl sites for hydroxylation is 4. The first-order valence-electron chi connectivity index (χ1n) is 30.6. The van der Waals surface area contributed by atoms with Crippen LogP contribution in [0.4, 0.5) is 37.7 Å². The number of hydrogen-bond donors (Lipinski definition) is 2. The topological polar surface area (TPSA) is 183 Å². The zero-order valence-corrected chi connectivity index (χ0v) is 54.1. The van der Waals surface area contributed by atoms with Crippen LogP contribution in [0.15, 0.2) is 168 Å². The Balaban J connectivity index is 0.750. The summed E-state index contributed by atoms with van der Waals surface area (Å²) in [6.45, 7) is 11.8. The summed E-state index contributed by atoms with van der Waals surface area (Å²) in [5.41, 5.74) is 6.74. The Morgan fingerprint density at radius 1 is 0.511 bits per heavy atom. The minimum atomic E-state index is -4.98. The number of hydrogen-bond acceptors (Lipinski definition) is 12. The van der Waals surface area contributed by atoms with Crippen molar-refractivity contribution in [2.75, 3.05) is 50.3 Å². The first-order valence-corrected chi connectivity index (χ1v) is 33.3. The number of carbonyl (C=O) groups is 2. The van der Waals surface area contributed by atoms with Crippen molar-refractivity contribution in [3.8, 4) is 45.3 Å². The molecule has 0 spiro atoms. The van der Waals surface area contributed by atoms with Gasteiger partial charge in [-0.15, -0.1) is 26.3 Å². The third-order valence-electron chi connectivity index (χ3n) is 14.7. The van der Waals surface area contributed by atoms with Gasteiger partial charge in [0.05, 0.1) is 81.7 Å². The number of unbranched alkanes of at least 4 members (excludes halogenated alkanes) is 3. The predicted molar refractivity (Wildman–Crippen MR) is 351 cm³/mol. The summed E-state index contributed by atoms with van der Waals surface area (Å²) in [6.07, 6.45) is 3.34. The number of ether oxygens (including phenoxy) is 6. The number of aromatic nitrogens is 4. The van der Waals surface area contributed by atoms with Gasteiger partial charge in [-0.05, 0) is 178 Å². The molecule has 0 radical (unpaired) electrons. The van der Waals surface area contributed by atoms with Gasteiger partial charge in [-0.3, -0.25) is 18.0 Å². The molecule has 0 aliphatic heterocycles. The van der Waals surface area contributed by atoms with Crippen molar-refractivity contribution >= 4 is 56.9 Å². The summed E-state index contributed by atoms with van der Waals surface area (Å²) < 4.78 is 143. The molecular formula is C70H74F6N6O10S2. The molecule has 0 bridgehead atoms. The number of amides is 2. The van der Waals surface area contributed by atoms with E-state index in [0.717, 1.165) is 67.0 Å². The average molecular weight is 1340 g/mol. The number of benzene rings is 6. The number of nitrogens with zero attached hydrogens (tertiary/aromatic N) is 4. The van der Waals surface area contributed by atoms with E-state index in [1.807, 2.05) is 29.9 Å². The molecule has 0 saturated carbocycles. The summed E-state index contributed by atoms with van der Waals surface area (Å²) >= 11 is 0. The molecule has 24 heteroatoms. The van der Waals surface area contributed by atoms with Gasteiger partial charge in [0, 0.05) is 70.7 Å². The van der Waals surface area contributed by atoms with E-state index in [-0.39, 0.29) is 29.2 Å². The second-order valence-electron chi connectivity index (χ2n) is 21.4. The monoisotopic (exact) mass is 1340 g/mol. The third-order valence-corrected chi connectivity index (χ3v) is 17.4. The van der Waals surface area contributed by atoms with Gasteiger partial charge in [0.25, 0.3) is 0 Å². The van der Waals surface area contributed by atoms with Gasteiger partial charge >= 0.3 is 12.7 Å². The van der Waals surface area contributed by atoms with E-state index in [9.17, 15) is 44.3 Å². The summed E-state index contributed by atoms with van der Waals surface area (Å²) in [5, 5.41) is 5.39. The summed E-state index contributed by atoms with van der Waals surface area (Å²) in [4.78, 5) is 36.1. The highest BCUT2D eigenvalue weighted by Gasteiger charge is 2.33. The lowest BCUT2D eigenvalue weighted by Gasteiger charge is -2.13. The molecule has 16 nitrogen and oxygen atoms in total. The van der Waals surface area contributed by atoms with Gasteiger partial charge in [-0.1, -0.05) is 56.2 Å². The quantitative estimate of drug-likeness (QED) is 0.0218. The maximum Gasteiger partial charge on any atom is 0.573 e. The number of imidazole rings is 2. The highest BCUT2D eigenvalue weighted by Crippen LogP contribution is 2.35. The fourth-order valence-corrected chi connectivity index (χ4v) is 12.2. The SMILES string of the molecule is CCCCOCCOc1ccc(-c2ccc(OC(F)(F)F)c(/C=C/C(=O)Nc3ccc([S@@](=O)Cc4c(CCCCCOCCOc5ccc(-c6ccc(OC(F)(F)F)c(/C=C/C(=O)Nc7ccc([S@](=O)Cc8c(C)ncn8CC)cc7)c6)cc5)ncn4CC)cc3)c2)cc1. The predicted octanol–water partition coefficient (Wildman–Crippen LogP) is 15.5. The minimum absolute atomic E-state index is 0.0124. The highest BCUT2D eigenvalue weighted by atomic mass is 32.2. The second-order valence-corrected chi connectivity index (χ2v) is 24.3. The standard InChI is InChI=1S/C70H74F6N6O10S2/c1-5-8-37-87-39-41-89-58-25-13-50(14-26-58)52-17-33-66(92-70(74,75)76)55(43-52)20-36-68(84)80-57-23-31-61(32-24-57)94(86)46-64-62(78-48-82(64)7-3)12-10-9-11-38-88-40-42-90-59-27-15-51(16-28-59)53-18-34-65(91-69(71,72)73)54(44-53)19-35-67(83)79-56-21-29-60(30-22-56)93(85)45-63-49(4)77-47-81(63)6-2/h13-36,43-44,47-48H,5-12,37-42,45-46H2,1-4H3,(H,79,83)(H,80,84)/b35-19+,36-20+/t93-,94+/m1/s1. The Hall–Kier alpha value is -8.84. The van der Waals surface area contributed by atoms with E-state index in [0.29, 0.717) is 107 Å². The number of rotatable bonds is 35. The maximum atomic E-state index is 13.7. The van der Waals surface area contributed by atoms with Crippen LogP contribution in [0.3, 0.4) is 0 Å². The number of carbonyl (C=O) groups excluding carboxylic acids is 2. The molecule has 8 rings (SSSR count). The smallest absolute Gasteiger partial charge is 0.491 e. The lowest BCUT2D eigenvalue weighted by Crippen LogP contribution is -2.17. The van der Waals surface area contributed by atoms with E-state index in [1.165, 1.54) is 48.6 Å². The van der Waals surface area contributed by atoms with E-state index in [4.69, 9.17) is 18.9 Å². The summed E-state index contributed by atoms with van der Waals surface area (Å²) in [5.74, 6) is -0.528. The first-order chi connectivity index (χ1) is 45.2. The fraction of sp³-hybridized carbons (Fsp3) is 0.314. The average Bonchev–Trinajstić information content (AvgIpc) is 0.989. The Morgan fingerprint density at radius 2 is 0.947 bits per heavy atom. The molecular weight excluding hydrogens is 1260 g/mol. The van der Waals surface area contributed by atoms with Crippen molar-refractivity contribution in [1.29, 1.82) is 0 Å². The van der Waals surface area contributed by atoms with Gasteiger partial charge in [0.1, 0.15) is 36.2 Å². The second kappa shape index (κ2) is 34.9. The van der Waals surface area contributed by atoms with Gasteiger partial charge < -0.3 is 48.2 Å². The number of anilines is 2. The zero-order chi connectivity index (χ0) is 67.0. The van der Waals surface area contributed by atoms with Crippen LogP contribution in [0.2, 0.25) is 0 Å². The molecule has 2 atom stereocenters. The molecule has 8 aromatic rings. The molecule has 498 valence electrons. The van der Waals surface area contributed by atoms with Crippen LogP contribution in [0.5, 0.6) is 23.0 Å². The highest BCUT2D eigenvalue weighted by molar-refractivity contribution is 7.84. The molecule has 0 unspecified atom stereocenters. The zero-order valence-electron chi connectivity index (χ0n) is 52.4.